The maximum absolute atomic E-state index is 13.0. The van der Waals surface area contributed by atoms with Gasteiger partial charge in [0.05, 0.1) is 22.8 Å². The minimum absolute atomic E-state index is 0.0273. The van der Waals surface area contributed by atoms with Gasteiger partial charge in [-0.1, -0.05) is 12.1 Å². The first kappa shape index (κ1) is 22.2. The summed E-state index contributed by atoms with van der Waals surface area (Å²) in [6.07, 6.45) is -5.31. The van der Waals surface area contributed by atoms with Crippen LogP contribution in [0.4, 0.5) is 24.8 Å². The van der Waals surface area contributed by atoms with Crippen molar-refractivity contribution in [1.29, 1.82) is 0 Å². The van der Waals surface area contributed by atoms with Gasteiger partial charge in [-0.2, -0.15) is 22.6 Å². The van der Waals surface area contributed by atoms with Crippen molar-refractivity contribution < 1.29 is 26.3 Å². The van der Waals surface area contributed by atoms with E-state index in [1.807, 2.05) is 6.92 Å². The van der Waals surface area contributed by atoms with Gasteiger partial charge in [0.2, 0.25) is 10.0 Å². The molecule has 8 nitrogen and oxygen atoms in total. The molecule has 1 saturated heterocycles. The topological polar surface area (TPSA) is 100 Å². The Balaban J connectivity index is 1.54. The number of hydrogen-bond acceptors (Lipinski definition) is 6. The van der Waals surface area contributed by atoms with E-state index in [0.717, 1.165) is 28.2 Å². The Morgan fingerprint density at radius 1 is 1.16 bits per heavy atom. The van der Waals surface area contributed by atoms with Crippen molar-refractivity contribution in [2.45, 2.75) is 24.1 Å². The third-order valence-electron chi connectivity index (χ3n) is 4.89. The Bertz CT molecular complexity index is 1210. The fraction of sp³-hybridized carbons (Fsp3) is 0.300. The third-order valence-corrected chi connectivity index (χ3v) is 6.75. The van der Waals surface area contributed by atoms with Crippen LogP contribution in [0, 0.1) is 6.92 Å². The predicted molar refractivity (Wildman–Crippen MR) is 110 cm³/mol. The molecule has 12 heteroatoms. The maximum Gasteiger partial charge on any atom is 0.416 e. The van der Waals surface area contributed by atoms with E-state index in [0.29, 0.717) is 23.4 Å². The lowest BCUT2D eigenvalue weighted by molar-refractivity contribution is -0.137. The summed E-state index contributed by atoms with van der Waals surface area (Å²) in [5.74, 6) is 1.07. The van der Waals surface area contributed by atoms with Crippen LogP contribution in [0.15, 0.2) is 53.4 Å². The highest BCUT2D eigenvalue weighted by atomic mass is 32.2. The van der Waals surface area contributed by atoms with Crippen LogP contribution in [0.2, 0.25) is 0 Å². The van der Waals surface area contributed by atoms with E-state index in [4.69, 9.17) is 4.74 Å². The van der Waals surface area contributed by atoms with E-state index in [9.17, 15) is 21.6 Å². The Kier molecular flexibility index (Phi) is 5.93. The second kappa shape index (κ2) is 8.52. The summed E-state index contributed by atoms with van der Waals surface area (Å²) in [5, 5.41) is 9.93. The maximum atomic E-state index is 13.0. The van der Waals surface area contributed by atoms with Crippen LogP contribution in [0.1, 0.15) is 23.1 Å². The molecule has 3 heterocycles. The van der Waals surface area contributed by atoms with Crippen LogP contribution in [-0.4, -0.2) is 47.6 Å². The van der Waals surface area contributed by atoms with Crippen LogP contribution < -0.4 is 5.32 Å². The molecule has 0 radical (unpaired) electrons. The zero-order valence-corrected chi connectivity index (χ0v) is 17.7. The number of pyridine rings is 1. The van der Waals surface area contributed by atoms with Crippen molar-refractivity contribution in [1.82, 2.24) is 19.5 Å². The zero-order chi connectivity index (χ0) is 22.9. The second-order valence-electron chi connectivity index (χ2n) is 7.26. The molecule has 1 aliphatic heterocycles. The lowest BCUT2D eigenvalue weighted by Gasteiger charge is -2.32. The van der Waals surface area contributed by atoms with Gasteiger partial charge in [0.15, 0.2) is 5.82 Å². The van der Waals surface area contributed by atoms with Gasteiger partial charge in [0.1, 0.15) is 11.9 Å². The molecule has 0 spiro atoms. The smallest absolute Gasteiger partial charge is 0.369 e. The summed E-state index contributed by atoms with van der Waals surface area (Å²) in [6, 6.07) is 10.7. The van der Waals surface area contributed by atoms with Gasteiger partial charge in [-0.05, 0) is 37.3 Å². The van der Waals surface area contributed by atoms with Crippen molar-refractivity contribution in [3.63, 3.8) is 0 Å². The number of nitrogens with zero attached hydrogens (tertiary/aromatic N) is 3. The number of morpholine rings is 1. The Labute approximate surface area is 182 Å². The largest absolute Gasteiger partial charge is 0.416 e. The average Bonchev–Trinajstić information content (AvgIpc) is 3.18. The van der Waals surface area contributed by atoms with Crippen molar-refractivity contribution >= 4 is 21.7 Å². The minimum atomic E-state index is -4.64. The molecule has 1 unspecified atom stereocenters. The number of hydrogen-bond donors (Lipinski definition) is 2. The normalized spacial score (nSPS) is 17.9. The van der Waals surface area contributed by atoms with Crippen LogP contribution in [0.25, 0.3) is 0 Å². The summed E-state index contributed by atoms with van der Waals surface area (Å²) >= 11 is 0. The van der Waals surface area contributed by atoms with Crippen molar-refractivity contribution in [3.8, 4) is 0 Å². The highest BCUT2D eigenvalue weighted by molar-refractivity contribution is 7.89. The van der Waals surface area contributed by atoms with Gasteiger partial charge in [0, 0.05) is 24.8 Å². The van der Waals surface area contributed by atoms with Gasteiger partial charge in [-0.3, -0.25) is 5.10 Å². The predicted octanol–water partition coefficient (Wildman–Crippen LogP) is 3.64. The SMILES string of the molecule is Cc1cc(Nc2cccc(C3CN(S(=O)(=O)c4cccc(C(F)(F)F)c4)CCO3)n2)n[nH]1. The van der Waals surface area contributed by atoms with Gasteiger partial charge < -0.3 is 10.1 Å². The number of benzene rings is 1. The number of aryl methyl sites for hydroxylation is 1. The van der Waals surface area contributed by atoms with Crippen LogP contribution in [-0.2, 0) is 20.9 Å². The van der Waals surface area contributed by atoms with E-state index in [1.54, 1.807) is 24.3 Å². The van der Waals surface area contributed by atoms with E-state index >= 15 is 0 Å². The molecule has 4 rings (SSSR count). The molecule has 0 aliphatic carbocycles. The Hall–Kier alpha value is -2.96. The number of aromatic amines is 1. The summed E-state index contributed by atoms with van der Waals surface area (Å²) < 4.78 is 71.9. The van der Waals surface area contributed by atoms with Crippen molar-refractivity contribution in [2.75, 3.05) is 25.0 Å². The summed E-state index contributed by atoms with van der Waals surface area (Å²) in [4.78, 5) is 4.06. The Morgan fingerprint density at radius 3 is 2.66 bits per heavy atom. The number of sulfonamides is 1. The lowest BCUT2D eigenvalue weighted by Crippen LogP contribution is -2.42. The summed E-state index contributed by atoms with van der Waals surface area (Å²) in [6.45, 7) is 1.90. The van der Waals surface area contributed by atoms with E-state index in [1.165, 1.54) is 0 Å². The standard InChI is InChI=1S/C20H20F3N5O3S/c1-13-10-19(27-26-13)25-18-7-3-6-16(24-18)17-12-28(8-9-31-17)32(29,30)15-5-2-4-14(11-15)20(21,22)23/h2-7,10-11,17H,8-9,12H2,1H3,(H2,24,25,26,27). The summed E-state index contributed by atoms with van der Waals surface area (Å²) in [5.41, 5.74) is 0.346. The van der Waals surface area contributed by atoms with Gasteiger partial charge in [-0.15, -0.1) is 0 Å². The first-order valence-electron chi connectivity index (χ1n) is 9.68. The molecule has 1 aromatic carbocycles. The first-order chi connectivity index (χ1) is 15.1. The summed E-state index contributed by atoms with van der Waals surface area (Å²) in [7, 11) is -4.15. The lowest BCUT2D eigenvalue weighted by atomic mass is 10.2. The number of H-pyrrole nitrogens is 1. The fourth-order valence-corrected chi connectivity index (χ4v) is 4.79. The van der Waals surface area contributed by atoms with Gasteiger partial charge in [0.25, 0.3) is 0 Å². The van der Waals surface area contributed by atoms with Crippen molar-refractivity contribution in [3.05, 3.63) is 65.5 Å². The number of halogens is 3. The van der Waals surface area contributed by atoms with Gasteiger partial charge >= 0.3 is 6.18 Å². The van der Waals surface area contributed by atoms with Crippen LogP contribution in [0.5, 0.6) is 0 Å². The molecule has 2 aromatic heterocycles. The number of ether oxygens (including phenoxy) is 1. The molecule has 1 atom stereocenters. The molecular weight excluding hydrogens is 447 g/mol. The van der Waals surface area contributed by atoms with Crippen molar-refractivity contribution in [2.24, 2.45) is 0 Å². The minimum Gasteiger partial charge on any atom is -0.369 e. The van der Waals surface area contributed by atoms with Gasteiger partial charge in [-0.25, -0.2) is 13.4 Å². The molecule has 170 valence electrons. The number of aromatic nitrogens is 3. The van der Waals surface area contributed by atoms with Crippen LogP contribution in [0.3, 0.4) is 0 Å². The number of nitrogens with one attached hydrogen (secondary N) is 2. The molecule has 0 amide bonds. The molecule has 1 aliphatic rings. The highest BCUT2D eigenvalue weighted by Crippen LogP contribution is 2.32. The number of anilines is 2. The Morgan fingerprint density at radius 2 is 1.94 bits per heavy atom. The fourth-order valence-electron chi connectivity index (χ4n) is 3.32. The highest BCUT2D eigenvalue weighted by Gasteiger charge is 2.35. The number of rotatable bonds is 5. The average molecular weight is 467 g/mol. The molecule has 1 fully saturated rings. The molecule has 3 aromatic rings. The monoisotopic (exact) mass is 467 g/mol. The second-order valence-corrected chi connectivity index (χ2v) is 9.19. The van der Waals surface area contributed by atoms with E-state index < -0.39 is 32.8 Å². The molecule has 0 saturated carbocycles. The quantitative estimate of drug-likeness (QED) is 0.594. The first-order valence-corrected chi connectivity index (χ1v) is 11.1. The van der Waals surface area contributed by atoms with E-state index in [2.05, 4.69) is 20.5 Å². The molecule has 2 N–H and O–H groups in total. The molecule has 0 bridgehead atoms. The van der Waals surface area contributed by atoms with E-state index in [-0.39, 0.29) is 19.7 Å². The van der Waals surface area contributed by atoms with Crippen LogP contribution >= 0.6 is 0 Å². The molecular formula is C20H20F3N5O3S. The third kappa shape index (κ3) is 4.76. The zero-order valence-electron chi connectivity index (χ0n) is 16.9. The molecule has 32 heavy (non-hydrogen) atoms. The number of alkyl halides is 3.